The van der Waals surface area contributed by atoms with Gasteiger partial charge in [-0.15, -0.1) is 0 Å². The third-order valence-electron chi connectivity index (χ3n) is 5.30. The molecular formula is C22H16ClF3O6. The van der Waals surface area contributed by atoms with Crippen molar-refractivity contribution in [3.05, 3.63) is 75.1 Å². The van der Waals surface area contributed by atoms with Gasteiger partial charge in [-0.25, -0.2) is 4.79 Å². The summed E-state index contributed by atoms with van der Waals surface area (Å²) in [6.07, 6.45) is -5.41. The van der Waals surface area contributed by atoms with Crippen LogP contribution in [-0.2, 0) is 9.53 Å². The Labute approximate surface area is 184 Å². The molecule has 0 spiro atoms. The van der Waals surface area contributed by atoms with Crippen LogP contribution in [0.25, 0.3) is 11.0 Å². The molecule has 3 aromatic rings. The van der Waals surface area contributed by atoms with Gasteiger partial charge < -0.3 is 19.0 Å². The van der Waals surface area contributed by atoms with Gasteiger partial charge in [0.05, 0.1) is 17.6 Å². The van der Waals surface area contributed by atoms with Crippen molar-refractivity contribution in [1.29, 1.82) is 0 Å². The monoisotopic (exact) mass is 468 g/mol. The van der Waals surface area contributed by atoms with Crippen molar-refractivity contribution in [3.63, 3.8) is 0 Å². The van der Waals surface area contributed by atoms with E-state index in [0.29, 0.717) is 0 Å². The summed E-state index contributed by atoms with van der Waals surface area (Å²) >= 11 is 5.91. The van der Waals surface area contributed by atoms with Gasteiger partial charge in [-0.1, -0.05) is 35.9 Å². The number of ether oxygens (including phenoxy) is 2. The van der Waals surface area contributed by atoms with Gasteiger partial charge >= 0.3 is 23.6 Å². The number of esters is 1. The van der Waals surface area contributed by atoms with Gasteiger partial charge in [-0.2, -0.15) is 13.2 Å². The topological polar surface area (TPSA) is 86.0 Å². The molecule has 6 nitrogen and oxygen atoms in total. The summed E-state index contributed by atoms with van der Waals surface area (Å²) in [6.45, 7) is 1.15. The molecule has 2 aromatic carbocycles. The number of carbonyl (C=O) groups is 1. The summed E-state index contributed by atoms with van der Waals surface area (Å²) < 4.78 is 57.9. The highest BCUT2D eigenvalue weighted by molar-refractivity contribution is 6.30. The number of alkyl halides is 3. The van der Waals surface area contributed by atoms with Gasteiger partial charge in [0.2, 0.25) is 0 Å². The fourth-order valence-electron chi connectivity index (χ4n) is 3.92. The quantitative estimate of drug-likeness (QED) is 0.453. The number of para-hydroxylation sites is 1. The molecule has 1 aliphatic rings. The van der Waals surface area contributed by atoms with E-state index >= 15 is 0 Å². The first-order valence-corrected chi connectivity index (χ1v) is 9.92. The molecule has 0 saturated carbocycles. The standard InChI is InChI=1S/C22H16ClF3O6/c1-2-30-20(28)17-15(11-7-9-12(23)10-8-11)16-18(32-21(17,29)22(24,25)26)13-5-3-4-6-14(13)31-19(16)27/h3-10,15,17,29H,2H2,1H3. The Morgan fingerprint density at radius 2 is 1.84 bits per heavy atom. The second kappa shape index (κ2) is 7.83. The first-order valence-electron chi connectivity index (χ1n) is 9.54. The van der Waals surface area contributed by atoms with Gasteiger partial charge in [-0.05, 0) is 36.8 Å². The van der Waals surface area contributed by atoms with E-state index in [1.807, 2.05) is 0 Å². The molecule has 0 amide bonds. The van der Waals surface area contributed by atoms with E-state index in [4.69, 9.17) is 25.5 Å². The fraction of sp³-hybridized carbons (Fsp3) is 0.273. The molecule has 3 unspecified atom stereocenters. The average molecular weight is 469 g/mol. The minimum Gasteiger partial charge on any atom is -0.466 e. The number of fused-ring (bicyclic) bond motifs is 3. The Morgan fingerprint density at radius 1 is 1.19 bits per heavy atom. The van der Waals surface area contributed by atoms with Crippen molar-refractivity contribution in [2.45, 2.75) is 24.8 Å². The first-order chi connectivity index (χ1) is 15.1. The van der Waals surface area contributed by atoms with Crippen LogP contribution in [0.5, 0.6) is 5.75 Å². The van der Waals surface area contributed by atoms with Crippen molar-refractivity contribution in [2.24, 2.45) is 5.92 Å². The molecule has 1 N–H and O–H groups in total. The van der Waals surface area contributed by atoms with Crippen LogP contribution < -0.4 is 10.4 Å². The van der Waals surface area contributed by atoms with Crippen molar-refractivity contribution in [1.82, 2.24) is 0 Å². The third kappa shape index (κ3) is 3.41. The molecule has 0 fully saturated rings. The van der Waals surface area contributed by atoms with E-state index < -0.39 is 41.1 Å². The zero-order chi connectivity index (χ0) is 23.3. The predicted octanol–water partition coefficient (Wildman–Crippen LogP) is 4.40. The van der Waals surface area contributed by atoms with Crippen LogP contribution in [0.4, 0.5) is 13.2 Å². The summed E-state index contributed by atoms with van der Waals surface area (Å²) in [5.74, 6) is -9.82. The number of hydrogen-bond donors (Lipinski definition) is 1. The lowest BCUT2D eigenvalue weighted by Crippen LogP contribution is -2.62. The molecule has 10 heteroatoms. The lowest BCUT2D eigenvalue weighted by atomic mass is 9.74. The highest BCUT2D eigenvalue weighted by Crippen LogP contribution is 2.53. The number of carbonyl (C=O) groups excluding carboxylic acids is 1. The van der Waals surface area contributed by atoms with E-state index in [1.165, 1.54) is 55.5 Å². The number of halogens is 4. The highest BCUT2D eigenvalue weighted by Gasteiger charge is 2.69. The van der Waals surface area contributed by atoms with Crippen LogP contribution in [0.15, 0.2) is 57.7 Å². The zero-order valence-electron chi connectivity index (χ0n) is 16.5. The van der Waals surface area contributed by atoms with Gasteiger partial charge in [-0.3, -0.25) is 4.79 Å². The van der Waals surface area contributed by atoms with Crippen LogP contribution in [0.2, 0.25) is 5.02 Å². The average Bonchev–Trinajstić information content (AvgIpc) is 2.73. The van der Waals surface area contributed by atoms with E-state index in [1.54, 1.807) is 0 Å². The SMILES string of the molecule is CCOC(=O)C1C(c2ccc(Cl)cc2)c2c(c3ccccc3oc2=O)OC1(O)C(F)(F)F. The van der Waals surface area contributed by atoms with E-state index in [0.717, 1.165) is 0 Å². The maximum Gasteiger partial charge on any atom is 0.456 e. The molecule has 0 aliphatic carbocycles. The van der Waals surface area contributed by atoms with Crippen molar-refractivity contribution in [3.8, 4) is 5.75 Å². The lowest BCUT2D eigenvalue weighted by molar-refractivity contribution is -0.358. The molecule has 3 atom stereocenters. The van der Waals surface area contributed by atoms with Gasteiger partial charge in [0.1, 0.15) is 17.3 Å². The van der Waals surface area contributed by atoms with Crippen LogP contribution in [0, 0.1) is 5.92 Å². The summed E-state index contributed by atoms with van der Waals surface area (Å²) in [4.78, 5) is 25.7. The van der Waals surface area contributed by atoms with Crippen LogP contribution in [0.3, 0.4) is 0 Å². The minimum absolute atomic E-state index is 0.0334. The van der Waals surface area contributed by atoms with Crippen LogP contribution in [-0.4, -0.2) is 29.6 Å². The third-order valence-corrected chi connectivity index (χ3v) is 5.55. The van der Waals surface area contributed by atoms with Crippen molar-refractivity contribution in [2.75, 3.05) is 6.61 Å². The molecule has 0 radical (unpaired) electrons. The highest BCUT2D eigenvalue weighted by atomic mass is 35.5. The summed E-state index contributed by atoms with van der Waals surface area (Å²) in [6, 6.07) is 11.3. The smallest absolute Gasteiger partial charge is 0.456 e. The summed E-state index contributed by atoms with van der Waals surface area (Å²) in [5, 5.41) is 11.2. The molecule has 1 aliphatic heterocycles. The van der Waals surface area contributed by atoms with Crippen molar-refractivity contribution < 1.29 is 37.0 Å². The Morgan fingerprint density at radius 3 is 2.47 bits per heavy atom. The van der Waals surface area contributed by atoms with Gasteiger partial charge in [0.15, 0.2) is 0 Å². The number of rotatable bonds is 3. The predicted molar refractivity (Wildman–Crippen MR) is 108 cm³/mol. The normalized spacial score (nSPS) is 22.8. The molecule has 1 aromatic heterocycles. The van der Waals surface area contributed by atoms with E-state index in [-0.39, 0.29) is 33.7 Å². The van der Waals surface area contributed by atoms with Gasteiger partial charge in [0.25, 0.3) is 0 Å². The molecule has 32 heavy (non-hydrogen) atoms. The minimum atomic E-state index is -5.41. The number of aliphatic hydroxyl groups is 1. The molecular weight excluding hydrogens is 453 g/mol. The Bertz CT molecular complexity index is 1240. The fourth-order valence-corrected chi connectivity index (χ4v) is 4.04. The van der Waals surface area contributed by atoms with Crippen LogP contribution in [0.1, 0.15) is 24.0 Å². The van der Waals surface area contributed by atoms with E-state index in [2.05, 4.69) is 0 Å². The van der Waals surface area contributed by atoms with Gasteiger partial charge in [0, 0.05) is 10.9 Å². The summed E-state index contributed by atoms with van der Waals surface area (Å²) in [7, 11) is 0. The van der Waals surface area contributed by atoms with E-state index in [9.17, 15) is 27.9 Å². The maximum absolute atomic E-state index is 14.2. The molecule has 4 rings (SSSR count). The zero-order valence-corrected chi connectivity index (χ0v) is 17.2. The number of benzene rings is 2. The lowest BCUT2D eigenvalue weighted by Gasteiger charge is -2.43. The molecule has 0 saturated heterocycles. The summed E-state index contributed by atoms with van der Waals surface area (Å²) in [5.41, 5.74) is -1.26. The molecule has 2 heterocycles. The Hall–Kier alpha value is -3.04. The second-order valence-electron chi connectivity index (χ2n) is 7.18. The van der Waals surface area contributed by atoms with Crippen LogP contribution >= 0.6 is 11.6 Å². The maximum atomic E-state index is 14.2. The Kier molecular flexibility index (Phi) is 5.42. The first kappa shape index (κ1) is 22.2. The molecule has 168 valence electrons. The number of hydrogen-bond acceptors (Lipinski definition) is 6. The molecule has 0 bridgehead atoms. The van der Waals surface area contributed by atoms with Crippen molar-refractivity contribution >= 4 is 28.5 Å². The largest absolute Gasteiger partial charge is 0.466 e. The Balaban J connectivity index is 2.11. The second-order valence-corrected chi connectivity index (χ2v) is 7.62.